The topological polar surface area (TPSA) is 0 Å². The summed E-state index contributed by atoms with van der Waals surface area (Å²) in [5.41, 5.74) is 0. The second-order valence-corrected chi connectivity index (χ2v) is 2.34. The van der Waals surface area contributed by atoms with E-state index in [1.54, 1.807) is 0 Å². The standard InChI is InChI=1S/C5H9Br/c1-3-5(6)4-2/h3,5H,1,4H2,2H3. The molecule has 1 atom stereocenters. The average Bonchev–Trinajstić information content (AvgIpc) is 1.65. The zero-order chi connectivity index (χ0) is 4.99. The maximum absolute atomic E-state index is 3.58. The number of allylic oxidation sites excluding steroid dienone is 1. The predicted octanol–water partition coefficient (Wildman–Crippen LogP) is 2.35. The summed E-state index contributed by atoms with van der Waals surface area (Å²) < 4.78 is 0. The van der Waals surface area contributed by atoms with Crippen molar-refractivity contribution in [2.45, 2.75) is 18.2 Å². The summed E-state index contributed by atoms with van der Waals surface area (Å²) in [6.45, 7) is 5.70. The molecule has 0 radical (unpaired) electrons. The van der Waals surface area contributed by atoms with Crippen LogP contribution in [0.4, 0.5) is 0 Å². The molecule has 0 nitrogen and oxygen atoms in total. The van der Waals surface area contributed by atoms with E-state index in [4.69, 9.17) is 0 Å². The molecule has 0 aromatic rings. The van der Waals surface area contributed by atoms with Crippen LogP contribution >= 0.6 is 15.9 Å². The first-order chi connectivity index (χ1) is 2.81. The Kier molecular flexibility index (Phi) is 3.54. The molecular weight excluding hydrogens is 140 g/mol. The lowest BCUT2D eigenvalue weighted by molar-refractivity contribution is 0.994. The van der Waals surface area contributed by atoms with Crippen LogP contribution in [0.25, 0.3) is 0 Å². The molecule has 0 aliphatic carbocycles. The van der Waals surface area contributed by atoms with Crippen molar-refractivity contribution in [3.8, 4) is 0 Å². The van der Waals surface area contributed by atoms with Crippen LogP contribution in [0.5, 0.6) is 0 Å². The summed E-state index contributed by atoms with van der Waals surface area (Å²) in [4.78, 5) is 0.512. The van der Waals surface area contributed by atoms with Gasteiger partial charge in [0.25, 0.3) is 0 Å². The second-order valence-electron chi connectivity index (χ2n) is 1.16. The monoisotopic (exact) mass is 148 g/mol. The van der Waals surface area contributed by atoms with Gasteiger partial charge in [-0.25, -0.2) is 0 Å². The normalized spacial score (nSPS) is 13.7. The Balaban J connectivity index is 2.96. The van der Waals surface area contributed by atoms with E-state index in [0.717, 1.165) is 6.42 Å². The summed E-state index contributed by atoms with van der Waals surface area (Å²) in [5, 5.41) is 0. The van der Waals surface area contributed by atoms with Gasteiger partial charge in [0.05, 0.1) is 0 Å². The Hall–Kier alpha value is 0.220. The Morgan fingerprint density at radius 2 is 2.50 bits per heavy atom. The van der Waals surface area contributed by atoms with E-state index in [2.05, 4.69) is 29.4 Å². The number of hydrogen-bond acceptors (Lipinski definition) is 0. The van der Waals surface area contributed by atoms with Gasteiger partial charge in [-0.2, -0.15) is 0 Å². The molecule has 0 saturated carbocycles. The fraction of sp³-hybridized carbons (Fsp3) is 0.600. The highest BCUT2D eigenvalue weighted by Crippen LogP contribution is 2.02. The molecule has 0 bridgehead atoms. The van der Waals surface area contributed by atoms with Crippen molar-refractivity contribution < 1.29 is 0 Å². The molecule has 0 N–H and O–H groups in total. The Bertz CT molecular complexity index is 41.2. The van der Waals surface area contributed by atoms with Gasteiger partial charge in [-0.1, -0.05) is 28.9 Å². The quantitative estimate of drug-likeness (QED) is 0.417. The molecular formula is C5H9Br. The van der Waals surface area contributed by atoms with Gasteiger partial charge in [0.2, 0.25) is 0 Å². The van der Waals surface area contributed by atoms with Crippen LogP contribution in [0.1, 0.15) is 13.3 Å². The first kappa shape index (κ1) is 6.22. The maximum Gasteiger partial charge on any atom is 0.0320 e. The van der Waals surface area contributed by atoms with Crippen molar-refractivity contribution in [2.24, 2.45) is 0 Å². The van der Waals surface area contributed by atoms with Gasteiger partial charge in [0.15, 0.2) is 0 Å². The van der Waals surface area contributed by atoms with Crippen LogP contribution in [0.3, 0.4) is 0 Å². The first-order valence-corrected chi connectivity index (χ1v) is 2.99. The van der Waals surface area contributed by atoms with E-state index in [9.17, 15) is 0 Å². The van der Waals surface area contributed by atoms with Crippen LogP contribution in [-0.4, -0.2) is 4.83 Å². The van der Waals surface area contributed by atoms with Crippen molar-refractivity contribution in [3.63, 3.8) is 0 Å². The van der Waals surface area contributed by atoms with Gasteiger partial charge in [-0.3, -0.25) is 0 Å². The van der Waals surface area contributed by atoms with Crippen LogP contribution in [0.2, 0.25) is 0 Å². The molecule has 1 heteroatoms. The van der Waals surface area contributed by atoms with E-state index in [1.165, 1.54) is 0 Å². The lowest BCUT2D eigenvalue weighted by Gasteiger charge is -1.91. The molecule has 0 amide bonds. The van der Waals surface area contributed by atoms with Gasteiger partial charge in [-0.05, 0) is 6.42 Å². The third-order valence-electron chi connectivity index (χ3n) is 0.646. The smallest absolute Gasteiger partial charge is 0.0320 e. The minimum atomic E-state index is 0.512. The summed E-state index contributed by atoms with van der Waals surface area (Å²) in [6.07, 6.45) is 3.02. The van der Waals surface area contributed by atoms with E-state index < -0.39 is 0 Å². The zero-order valence-corrected chi connectivity index (χ0v) is 5.53. The molecule has 0 saturated heterocycles. The van der Waals surface area contributed by atoms with E-state index in [1.807, 2.05) is 6.08 Å². The molecule has 0 heterocycles. The SMILES string of the molecule is C=CC(Br)CC. The summed E-state index contributed by atoms with van der Waals surface area (Å²) in [5.74, 6) is 0. The minimum absolute atomic E-state index is 0.512. The van der Waals surface area contributed by atoms with Crippen molar-refractivity contribution in [1.29, 1.82) is 0 Å². The third kappa shape index (κ3) is 2.46. The van der Waals surface area contributed by atoms with E-state index in [-0.39, 0.29) is 0 Å². The largest absolute Gasteiger partial charge is 0.102 e. The van der Waals surface area contributed by atoms with Gasteiger partial charge < -0.3 is 0 Å². The number of halogens is 1. The molecule has 0 aliphatic rings. The van der Waals surface area contributed by atoms with Crippen molar-refractivity contribution in [3.05, 3.63) is 12.7 Å². The highest BCUT2D eigenvalue weighted by atomic mass is 79.9. The lowest BCUT2D eigenvalue weighted by atomic mass is 10.3. The molecule has 0 spiro atoms. The number of rotatable bonds is 2. The molecule has 0 aromatic carbocycles. The van der Waals surface area contributed by atoms with Crippen molar-refractivity contribution in [2.75, 3.05) is 0 Å². The molecule has 0 fully saturated rings. The van der Waals surface area contributed by atoms with Crippen LogP contribution < -0.4 is 0 Å². The van der Waals surface area contributed by atoms with Gasteiger partial charge in [0, 0.05) is 4.83 Å². The molecule has 36 valence electrons. The molecule has 0 aliphatic heterocycles. The Morgan fingerprint density at radius 3 is 2.50 bits per heavy atom. The second kappa shape index (κ2) is 3.41. The zero-order valence-electron chi connectivity index (χ0n) is 3.95. The number of hydrogen-bond donors (Lipinski definition) is 0. The van der Waals surface area contributed by atoms with E-state index >= 15 is 0 Å². The summed E-state index contributed by atoms with van der Waals surface area (Å²) in [7, 11) is 0. The van der Waals surface area contributed by atoms with Crippen LogP contribution in [-0.2, 0) is 0 Å². The third-order valence-corrected chi connectivity index (χ3v) is 1.67. The van der Waals surface area contributed by atoms with Crippen LogP contribution in [0, 0.1) is 0 Å². The highest BCUT2D eigenvalue weighted by Gasteiger charge is 1.86. The molecule has 0 aromatic heterocycles. The molecule has 0 rings (SSSR count). The predicted molar refractivity (Wildman–Crippen MR) is 33.2 cm³/mol. The van der Waals surface area contributed by atoms with Gasteiger partial charge in [-0.15, -0.1) is 6.58 Å². The van der Waals surface area contributed by atoms with Crippen LogP contribution in [0.15, 0.2) is 12.7 Å². The summed E-state index contributed by atoms with van der Waals surface area (Å²) >= 11 is 3.36. The van der Waals surface area contributed by atoms with Crippen molar-refractivity contribution >= 4 is 15.9 Å². The highest BCUT2D eigenvalue weighted by molar-refractivity contribution is 9.09. The maximum atomic E-state index is 3.58. The lowest BCUT2D eigenvalue weighted by Crippen LogP contribution is -1.83. The molecule has 1 unspecified atom stereocenters. The number of alkyl halides is 1. The van der Waals surface area contributed by atoms with Crippen molar-refractivity contribution in [1.82, 2.24) is 0 Å². The first-order valence-electron chi connectivity index (χ1n) is 2.08. The van der Waals surface area contributed by atoms with Gasteiger partial charge in [0.1, 0.15) is 0 Å². The fourth-order valence-corrected chi connectivity index (χ4v) is 0.167. The molecule has 6 heavy (non-hydrogen) atoms. The fourth-order valence-electron chi connectivity index (χ4n) is 0.167. The Morgan fingerprint density at radius 1 is 2.00 bits per heavy atom. The van der Waals surface area contributed by atoms with Gasteiger partial charge >= 0.3 is 0 Å². The van der Waals surface area contributed by atoms with E-state index in [0.29, 0.717) is 4.83 Å². The average molecular weight is 149 g/mol. The minimum Gasteiger partial charge on any atom is -0.102 e. The summed E-state index contributed by atoms with van der Waals surface area (Å²) in [6, 6.07) is 0. The Labute approximate surface area is 47.4 Å².